The fourth-order valence-electron chi connectivity index (χ4n) is 2.39. The zero-order valence-electron chi connectivity index (χ0n) is 12.4. The maximum absolute atomic E-state index is 12.6. The van der Waals surface area contributed by atoms with Crippen molar-refractivity contribution >= 4 is 42.9 Å². The molecule has 0 aliphatic carbocycles. The molecular weight excluding hydrogens is 330 g/mol. The number of fused-ring (bicyclic) bond motifs is 1. The summed E-state index contributed by atoms with van der Waals surface area (Å²) in [6.07, 6.45) is 1.18. The first-order chi connectivity index (χ1) is 10.9. The second kappa shape index (κ2) is 6.14. The molecule has 0 saturated carbocycles. The summed E-state index contributed by atoms with van der Waals surface area (Å²) < 4.78 is 24.1. The van der Waals surface area contributed by atoms with Crippen molar-refractivity contribution in [2.24, 2.45) is 0 Å². The molecule has 4 nitrogen and oxygen atoms in total. The van der Waals surface area contributed by atoms with E-state index in [-0.39, 0.29) is 11.7 Å². The van der Waals surface area contributed by atoms with Gasteiger partial charge in [0, 0.05) is 27.4 Å². The molecule has 0 aliphatic heterocycles. The van der Waals surface area contributed by atoms with Crippen LogP contribution in [0.1, 0.15) is 15.9 Å². The summed E-state index contributed by atoms with van der Waals surface area (Å²) >= 11 is 1.51. The van der Waals surface area contributed by atoms with Crippen LogP contribution in [-0.4, -0.2) is 20.6 Å². The number of para-hydroxylation sites is 1. The molecule has 6 heteroatoms. The maximum atomic E-state index is 12.6. The number of nitrogens with one attached hydrogen (secondary N) is 1. The number of carbonyl (C=O) groups excluding carboxylic acids is 1. The fraction of sp³-hybridized carbons (Fsp3) is 0.118. The Balaban J connectivity index is 1.92. The van der Waals surface area contributed by atoms with E-state index in [2.05, 4.69) is 5.32 Å². The van der Waals surface area contributed by atoms with E-state index in [4.69, 9.17) is 0 Å². The molecule has 0 bridgehead atoms. The van der Waals surface area contributed by atoms with Gasteiger partial charge in [-0.15, -0.1) is 11.3 Å². The smallest absolute Gasteiger partial charge is 0.257 e. The second-order valence-electron chi connectivity index (χ2n) is 5.33. The number of rotatable bonds is 4. The molecule has 3 aromatic rings. The van der Waals surface area contributed by atoms with Crippen LogP contribution in [0.25, 0.3) is 10.1 Å². The Morgan fingerprint density at radius 3 is 2.57 bits per heavy atom. The van der Waals surface area contributed by atoms with E-state index in [0.717, 1.165) is 10.1 Å². The van der Waals surface area contributed by atoms with Crippen LogP contribution >= 0.6 is 11.3 Å². The lowest BCUT2D eigenvalue weighted by Crippen LogP contribution is -2.14. The molecule has 0 aliphatic rings. The zero-order chi connectivity index (χ0) is 16.4. The molecule has 3 rings (SSSR count). The Morgan fingerprint density at radius 2 is 1.78 bits per heavy atom. The van der Waals surface area contributed by atoms with E-state index in [0.29, 0.717) is 16.8 Å². The van der Waals surface area contributed by atoms with E-state index < -0.39 is 9.84 Å². The first kappa shape index (κ1) is 15.7. The zero-order valence-corrected chi connectivity index (χ0v) is 14.1. The largest absolute Gasteiger partial charge is 0.322 e. The number of hydrogen-bond donors (Lipinski definition) is 1. The Morgan fingerprint density at radius 1 is 1.09 bits per heavy atom. The minimum Gasteiger partial charge on any atom is -0.322 e. The topological polar surface area (TPSA) is 63.2 Å². The predicted octanol–water partition coefficient (Wildman–Crippen LogP) is 3.70. The number of sulfone groups is 1. The lowest BCUT2D eigenvalue weighted by atomic mass is 10.1. The van der Waals surface area contributed by atoms with Crippen molar-refractivity contribution in [2.45, 2.75) is 5.75 Å². The molecule has 1 aromatic heterocycles. The number of amides is 1. The number of anilines is 1. The highest BCUT2D eigenvalue weighted by Gasteiger charge is 2.15. The minimum atomic E-state index is -3.17. The summed E-state index contributed by atoms with van der Waals surface area (Å²) in [5.74, 6) is -0.336. The highest BCUT2D eigenvalue weighted by Crippen LogP contribution is 2.27. The van der Waals surface area contributed by atoms with Crippen LogP contribution in [0.3, 0.4) is 0 Å². The molecule has 23 heavy (non-hydrogen) atoms. The molecule has 0 saturated heterocycles. The molecule has 0 radical (unpaired) electrons. The Labute approximate surface area is 138 Å². The number of thiophene rings is 1. The van der Waals surface area contributed by atoms with Gasteiger partial charge in [-0.25, -0.2) is 8.42 Å². The van der Waals surface area contributed by atoms with E-state index in [1.165, 1.54) is 17.6 Å². The van der Waals surface area contributed by atoms with Gasteiger partial charge in [0.25, 0.3) is 5.91 Å². The molecular formula is C17H15NO3S2. The highest BCUT2D eigenvalue weighted by atomic mass is 32.2. The summed E-state index contributed by atoms with van der Waals surface area (Å²) in [5, 5.41) is 5.55. The van der Waals surface area contributed by atoms with Gasteiger partial charge in [0.15, 0.2) is 9.84 Å². The summed E-state index contributed by atoms with van der Waals surface area (Å²) in [7, 11) is -3.17. The normalized spacial score (nSPS) is 11.5. The lowest BCUT2D eigenvalue weighted by Gasteiger charge is -2.10. The van der Waals surface area contributed by atoms with Crippen molar-refractivity contribution in [3.8, 4) is 0 Å². The first-order valence-electron chi connectivity index (χ1n) is 6.97. The van der Waals surface area contributed by atoms with Crippen molar-refractivity contribution in [3.63, 3.8) is 0 Å². The summed E-state index contributed by atoms with van der Waals surface area (Å²) in [6.45, 7) is 0. The lowest BCUT2D eigenvalue weighted by molar-refractivity contribution is 0.102. The fourth-order valence-corrected chi connectivity index (χ4v) is 4.15. The van der Waals surface area contributed by atoms with E-state index in [9.17, 15) is 13.2 Å². The van der Waals surface area contributed by atoms with Crippen LogP contribution in [-0.2, 0) is 15.6 Å². The standard InChI is InChI=1S/C17H15NO3S2/c1-23(20,21)11-12-6-2-4-8-15(12)18-17(19)14-10-22-16-9-5-3-7-13(14)16/h2-10H,11H2,1H3,(H,18,19). The molecule has 1 N–H and O–H groups in total. The summed E-state index contributed by atoms with van der Waals surface area (Å²) in [4.78, 5) is 12.6. The SMILES string of the molecule is CS(=O)(=O)Cc1ccccc1NC(=O)c1csc2ccccc12. The predicted molar refractivity (Wildman–Crippen MR) is 94.8 cm³/mol. The Kier molecular flexibility index (Phi) is 4.19. The highest BCUT2D eigenvalue weighted by molar-refractivity contribution is 7.89. The molecule has 0 atom stereocenters. The summed E-state index contributed by atoms with van der Waals surface area (Å²) in [6, 6.07) is 14.7. The molecule has 1 amide bonds. The van der Waals surface area contributed by atoms with Crippen molar-refractivity contribution in [2.75, 3.05) is 11.6 Å². The van der Waals surface area contributed by atoms with Crippen molar-refractivity contribution in [1.29, 1.82) is 0 Å². The van der Waals surface area contributed by atoms with E-state index in [1.54, 1.807) is 24.3 Å². The molecule has 2 aromatic carbocycles. The van der Waals surface area contributed by atoms with Gasteiger partial charge in [0.2, 0.25) is 0 Å². The number of hydrogen-bond acceptors (Lipinski definition) is 4. The maximum Gasteiger partial charge on any atom is 0.257 e. The van der Waals surface area contributed by atoms with Crippen molar-refractivity contribution in [3.05, 3.63) is 65.0 Å². The van der Waals surface area contributed by atoms with Crippen LogP contribution < -0.4 is 5.32 Å². The third kappa shape index (κ3) is 3.60. The van der Waals surface area contributed by atoms with E-state index in [1.807, 2.05) is 29.6 Å². The third-order valence-corrected chi connectivity index (χ3v) is 5.21. The number of carbonyl (C=O) groups is 1. The van der Waals surface area contributed by atoms with Crippen LogP contribution in [0.5, 0.6) is 0 Å². The molecule has 0 spiro atoms. The van der Waals surface area contributed by atoms with Gasteiger partial charge in [-0.3, -0.25) is 4.79 Å². The summed E-state index contributed by atoms with van der Waals surface area (Å²) in [5.41, 5.74) is 1.71. The van der Waals surface area contributed by atoms with Crippen LogP contribution in [0.4, 0.5) is 5.69 Å². The average molecular weight is 345 g/mol. The van der Waals surface area contributed by atoms with Gasteiger partial charge in [-0.1, -0.05) is 36.4 Å². The second-order valence-corrected chi connectivity index (χ2v) is 8.38. The van der Waals surface area contributed by atoms with Gasteiger partial charge in [-0.05, 0) is 17.7 Å². The molecule has 1 heterocycles. The van der Waals surface area contributed by atoms with Gasteiger partial charge in [-0.2, -0.15) is 0 Å². The van der Waals surface area contributed by atoms with Crippen LogP contribution in [0.15, 0.2) is 53.9 Å². The molecule has 0 unspecified atom stereocenters. The van der Waals surface area contributed by atoms with Crippen LogP contribution in [0.2, 0.25) is 0 Å². The van der Waals surface area contributed by atoms with Gasteiger partial charge in [0.05, 0.1) is 11.3 Å². The van der Waals surface area contributed by atoms with Gasteiger partial charge >= 0.3 is 0 Å². The number of benzene rings is 2. The van der Waals surface area contributed by atoms with Crippen molar-refractivity contribution < 1.29 is 13.2 Å². The average Bonchev–Trinajstić information content (AvgIpc) is 2.92. The van der Waals surface area contributed by atoms with Crippen molar-refractivity contribution in [1.82, 2.24) is 0 Å². The van der Waals surface area contributed by atoms with Gasteiger partial charge in [0.1, 0.15) is 0 Å². The first-order valence-corrected chi connectivity index (χ1v) is 9.91. The van der Waals surface area contributed by atoms with Crippen LogP contribution in [0, 0.1) is 0 Å². The third-order valence-electron chi connectivity index (χ3n) is 3.41. The quantitative estimate of drug-likeness (QED) is 0.784. The Bertz CT molecular complexity index is 974. The van der Waals surface area contributed by atoms with E-state index >= 15 is 0 Å². The minimum absolute atomic E-state index is 0.103. The monoisotopic (exact) mass is 345 g/mol. The Hall–Kier alpha value is -2.18. The molecule has 0 fully saturated rings. The molecule has 118 valence electrons. The van der Waals surface area contributed by atoms with Gasteiger partial charge < -0.3 is 5.32 Å².